The fourth-order valence-electron chi connectivity index (χ4n) is 1.71. The first-order valence-corrected chi connectivity index (χ1v) is 9.52. The monoisotopic (exact) mass is 347 g/mol. The van der Waals surface area contributed by atoms with Gasteiger partial charge in [-0.25, -0.2) is 13.2 Å². The Labute approximate surface area is 137 Å². The largest absolute Gasteiger partial charge is 0.450 e. The van der Waals surface area contributed by atoms with Crippen LogP contribution in [0, 0.1) is 11.3 Å². The summed E-state index contributed by atoms with van der Waals surface area (Å²) in [5.41, 5.74) is 0. The SMILES string of the molecule is CCCCCCOC(=O)NCC(C(=O)NCCC#N)S(C)(=O)=O. The summed E-state index contributed by atoms with van der Waals surface area (Å²) in [5, 5.41) is 11.6. The van der Waals surface area contributed by atoms with E-state index in [1.54, 1.807) is 0 Å². The molecule has 0 aromatic carbocycles. The molecule has 0 spiro atoms. The van der Waals surface area contributed by atoms with Gasteiger partial charge in [-0.05, 0) is 6.42 Å². The zero-order valence-corrected chi connectivity index (χ0v) is 14.4. The minimum Gasteiger partial charge on any atom is -0.450 e. The average Bonchev–Trinajstić information content (AvgIpc) is 2.46. The average molecular weight is 347 g/mol. The second-order valence-corrected chi connectivity index (χ2v) is 7.32. The molecule has 0 bridgehead atoms. The number of carbonyl (C=O) groups is 2. The maximum Gasteiger partial charge on any atom is 0.407 e. The number of hydrogen-bond donors (Lipinski definition) is 2. The van der Waals surface area contributed by atoms with Crippen molar-refractivity contribution in [2.45, 2.75) is 44.3 Å². The number of amides is 2. The van der Waals surface area contributed by atoms with Crippen molar-refractivity contribution in [1.82, 2.24) is 10.6 Å². The van der Waals surface area contributed by atoms with Crippen LogP contribution in [-0.2, 0) is 19.4 Å². The van der Waals surface area contributed by atoms with Crippen molar-refractivity contribution >= 4 is 21.8 Å². The van der Waals surface area contributed by atoms with Gasteiger partial charge in [-0.15, -0.1) is 0 Å². The first kappa shape index (κ1) is 21.2. The minimum absolute atomic E-state index is 0.0588. The lowest BCUT2D eigenvalue weighted by Gasteiger charge is -2.15. The highest BCUT2D eigenvalue weighted by Crippen LogP contribution is 2.01. The van der Waals surface area contributed by atoms with Crippen molar-refractivity contribution in [3.63, 3.8) is 0 Å². The third-order valence-electron chi connectivity index (χ3n) is 3.01. The summed E-state index contributed by atoms with van der Waals surface area (Å²) in [5.74, 6) is -0.744. The lowest BCUT2D eigenvalue weighted by Crippen LogP contribution is -2.47. The zero-order valence-electron chi connectivity index (χ0n) is 13.6. The molecule has 0 radical (unpaired) electrons. The molecular formula is C14H25N3O5S. The first-order chi connectivity index (χ1) is 10.8. The third kappa shape index (κ3) is 10.5. The Morgan fingerprint density at radius 2 is 1.91 bits per heavy atom. The van der Waals surface area contributed by atoms with Gasteiger partial charge >= 0.3 is 6.09 Å². The maximum absolute atomic E-state index is 11.8. The van der Waals surface area contributed by atoms with Crippen molar-refractivity contribution in [3.05, 3.63) is 0 Å². The minimum atomic E-state index is -3.69. The van der Waals surface area contributed by atoms with Crippen molar-refractivity contribution in [2.75, 3.05) is 26.0 Å². The van der Waals surface area contributed by atoms with Crippen molar-refractivity contribution in [2.24, 2.45) is 0 Å². The number of ether oxygens (including phenoxy) is 1. The van der Waals surface area contributed by atoms with Gasteiger partial charge in [-0.3, -0.25) is 4.79 Å². The van der Waals surface area contributed by atoms with Crippen molar-refractivity contribution in [3.8, 4) is 6.07 Å². The van der Waals surface area contributed by atoms with Gasteiger partial charge < -0.3 is 15.4 Å². The van der Waals surface area contributed by atoms with E-state index >= 15 is 0 Å². The molecule has 132 valence electrons. The molecule has 0 aliphatic rings. The van der Waals surface area contributed by atoms with Crippen LogP contribution in [0.1, 0.15) is 39.0 Å². The molecule has 8 nitrogen and oxygen atoms in total. The molecule has 0 aliphatic heterocycles. The van der Waals surface area contributed by atoms with Crippen LogP contribution in [0.15, 0.2) is 0 Å². The highest BCUT2D eigenvalue weighted by atomic mass is 32.2. The van der Waals surface area contributed by atoms with E-state index in [-0.39, 0.29) is 26.1 Å². The smallest absolute Gasteiger partial charge is 0.407 e. The lowest BCUT2D eigenvalue weighted by atomic mass is 10.2. The molecule has 0 fully saturated rings. The van der Waals surface area contributed by atoms with E-state index < -0.39 is 27.1 Å². The van der Waals surface area contributed by atoms with Crippen LogP contribution in [0.25, 0.3) is 0 Å². The van der Waals surface area contributed by atoms with Crippen molar-refractivity contribution < 1.29 is 22.7 Å². The number of nitrogens with zero attached hydrogens (tertiary/aromatic N) is 1. The fourth-order valence-corrected chi connectivity index (χ4v) is 2.57. The third-order valence-corrected chi connectivity index (χ3v) is 4.42. The van der Waals surface area contributed by atoms with Gasteiger partial charge in [0, 0.05) is 19.3 Å². The van der Waals surface area contributed by atoms with E-state index in [1.165, 1.54) is 0 Å². The lowest BCUT2D eigenvalue weighted by molar-refractivity contribution is -0.120. The zero-order chi connectivity index (χ0) is 17.7. The maximum atomic E-state index is 11.8. The molecule has 1 unspecified atom stereocenters. The van der Waals surface area contributed by atoms with E-state index in [2.05, 4.69) is 17.6 Å². The molecule has 1 atom stereocenters. The molecule has 2 N–H and O–H groups in total. The Morgan fingerprint density at radius 3 is 2.48 bits per heavy atom. The van der Waals surface area contributed by atoms with Crippen LogP contribution >= 0.6 is 0 Å². The second-order valence-electron chi connectivity index (χ2n) is 5.09. The predicted octanol–water partition coefficient (Wildman–Crippen LogP) is 0.736. The van der Waals surface area contributed by atoms with Crippen molar-refractivity contribution in [1.29, 1.82) is 5.26 Å². The quantitative estimate of drug-likeness (QED) is 0.531. The van der Waals surface area contributed by atoms with Gasteiger partial charge in [0.15, 0.2) is 15.1 Å². The number of sulfone groups is 1. The van der Waals surface area contributed by atoms with Crippen LogP contribution in [-0.4, -0.2) is 51.6 Å². The highest BCUT2D eigenvalue weighted by Gasteiger charge is 2.29. The Kier molecular flexibility index (Phi) is 10.8. The molecule has 0 aromatic heterocycles. The molecule has 0 aliphatic carbocycles. The van der Waals surface area contributed by atoms with Gasteiger partial charge in [0.2, 0.25) is 5.91 Å². The summed E-state index contributed by atoms with van der Waals surface area (Å²) in [6.07, 6.45) is 4.07. The first-order valence-electron chi connectivity index (χ1n) is 7.57. The molecule has 0 heterocycles. The van der Waals surface area contributed by atoms with E-state index in [4.69, 9.17) is 10.00 Å². The van der Waals surface area contributed by atoms with Gasteiger partial charge in [0.1, 0.15) is 0 Å². The van der Waals surface area contributed by atoms with E-state index in [1.807, 2.05) is 6.07 Å². The molecule has 0 rings (SSSR count). The van der Waals surface area contributed by atoms with Crippen LogP contribution in [0.5, 0.6) is 0 Å². The second kappa shape index (κ2) is 11.7. The van der Waals surface area contributed by atoms with E-state index in [9.17, 15) is 18.0 Å². The number of nitrogens with one attached hydrogen (secondary N) is 2. The van der Waals surface area contributed by atoms with Crippen LogP contribution in [0.3, 0.4) is 0 Å². The normalized spacial score (nSPS) is 12.0. The van der Waals surface area contributed by atoms with Gasteiger partial charge in [-0.2, -0.15) is 5.26 Å². The Morgan fingerprint density at radius 1 is 1.22 bits per heavy atom. The summed E-state index contributed by atoms with van der Waals surface area (Å²) in [4.78, 5) is 23.3. The molecule has 9 heteroatoms. The van der Waals surface area contributed by atoms with Crippen LogP contribution < -0.4 is 10.6 Å². The molecular weight excluding hydrogens is 322 g/mol. The molecule has 2 amide bonds. The summed E-state index contributed by atoms with van der Waals surface area (Å²) in [6, 6.07) is 1.83. The van der Waals surface area contributed by atoms with E-state index in [0.29, 0.717) is 0 Å². The summed E-state index contributed by atoms with van der Waals surface area (Å²) in [7, 11) is -3.69. The fraction of sp³-hybridized carbons (Fsp3) is 0.786. The number of unbranched alkanes of at least 4 members (excludes halogenated alkanes) is 3. The number of alkyl carbamates (subject to hydrolysis) is 1. The van der Waals surface area contributed by atoms with Gasteiger partial charge in [-0.1, -0.05) is 26.2 Å². The van der Waals surface area contributed by atoms with E-state index in [0.717, 1.165) is 31.9 Å². The predicted molar refractivity (Wildman–Crippen MR) is 85.4 cm³/mol. The highest BCUT2D eigenvalue weighted by molar-refractivity contribution is 7.92. The Balaban J connectivity index is 4.28. The molecule has 23 heavy (non-hydrogen) atoms. The number of hydrogen-bond acceptors (Lipinski definition) is 6. The molecule has 0 saturated heterocycles. The number of rotatable bonds is 11. The van der Waals surface area contributed by atoms with Crippen LogP contribution in [0.2, 0.25) is 0 Å². The van der Waals surface area contributed by atoms with Crippen LogP contribution in [0.4, 0.5) is 4.79 Å². The van der Waals surface area contributed by atoms with Gasteiger partial charge in [0.05, 0.1) is 19.1 Å². The summed E-state index contributed by atoms with van der Waals surface area (Å²) >= 11 is 0. The summed E-state index contributed by atoms with van der Waals surface area (Å²) in [6.45, 7) is 2.01. The van der Waals surface area contributed by atoms with Gasteiger partial charge in [0.25, 0.3) is 0 Å². The Bertz CT molecular complexity index is 513. The summed E-state index contributed by atoms with van der Waals surface area (Å²) < 4.78 is 28.2. The standard InChI is InChI=1S/C14H25N3O5S/c1-3-4-5-6-10-22-14(19)17-11-12(23(2,20)21)13(18)16-9-7-8-15/h12H,3-7,9-11H2,1-2H3,(H,16,18)(H,17,19). The number of nitriles is 1. The Hall–Kier alpha value is -1.82. The molecule has 0 aromatic rings. The number of carbonyl (C=O) groups excluding carboxylic acids is 2. The molecule has 0 saturated carbocycles. The topological polar surface area (TPSA) is 125 Å².